The second-order valence-electron chi connectivity index (χ2n) is 4.40. The Balaban J connectivity index is 0.00000147. The van der Waals surface area contributed by atoms with E-state index >= 15 is 0 Å². The van der Waals surface area contributed by atoms with Gasteiger partial charge in [-0.2, -0.15) is 0 Å². The van der Waals surface area contributed by atoms with Crippen molar-refractivity contribution in [1.82, 2.24) is 4.68 Å². The van der Waals surface area contributed by atoms with E-state index in [0.717, 1.165) is 26.6 Å². The van der Waals surface area contributed by atoms with Crippen LogP contribution in [0, 0.1) is 6.92 Å². The van der Waals surface area contributed by atoms with E-state index in [-0.39, 0.29) is 18.0 Å². The zero-order valence-electron chi connectivity index (χ0n) is 10.7. The standard InChI is InChI=1S/C15H11BrN2O.ClH/c1-10-13-4-2-3-5-14(13)15(19)18(17-10)12-8-6-11(16)7-9-12;/h2-9H,1H3;1H. The molecule has 0 fully saturated rings. The van der Waals surface area contributed by atoms with E-state index in [0.29, 0.717) is 0 Å². The van der Waals surface area contributed by atoms with E-state index in [2.05, 4.69) is 21.0 Å². The number of nitrogens with one attached hydrogen (secondary N) is 1. The third-order valence-corrected chi connectivity index (χ3v) is 3.66. The van der Waals surface area contributed by atoms with Gasteiger partial charge in [0.25, 0.3) is 0 Å². The van der Waals surface area contributed by atoms with Gasteiger partial charge in [-0.1, -0.05) is 32.7 Å². The highest BCUT2D eigenvalue weighted by Crippen LogP contribution is 2.14. The number of halogens is 2. The summed E-state index contributed by atoms with van der Waals surface area (Å²) in [5.74, 6) is 0. The van der Waals surface area contributed by atoms with Crippen LogP contribution in [0.2, 0.25) is 0 Å². The van der Waals surface area contributed by atoms with Crippen molar-refractivity contribution >= 4 is 26.7 Å². The van der Waals surface area contributed by atoms with Crippen molar-refractivity contribution in [3.05, 3.63) is 69.1 Å². The first kappa shape index (κ1) is 14.8. The largest absolute Gasteiger partial charge is 1.00 e. The maximum absolute atomic E-state index is 12.5. The van der Waals surface area contributed by atoms with Crippen molar-refractivity contribution in [3.63, 3.8) is 0 Å². The minimum Gasteiger partial charge on any atom is -1.00 e. The van der Waals surface area contributed by atoms with Crippen molar-refractivity contribution in [2.75, 3.05) is 0 Å². The summed E-state index contributed by atoms with van der Waals surface area (Å²) in [6.45, 7) is 1.97. The lowest BCUT2D eigenvalue weighted by atomic mass is 10.1. The molecule has 0 spiro atoms. The molecule has 1 N–H and O–H groups in total. The topological polar surface area (TPSA) is 36.1 Å². The lowest BCUT2D eigenvalue weighted by molar-refractivity contribution is -0.488. The molecule has 0 bridgehead atoms. The summed E-state index contributed by atoms with van der Waals surface area (Å²) in [6.07, 6.45) is 0. The molecule has 2 aromatic carbocycles. The molecule has 1 aromatic heterocycles. The number of aromatic nitrogens is 2. The van der Waals surface area contributed by atoms with Crippen LogP contribution >= 0.6 is 15.9 Å². The maximum Gasteiger partial charge on any atom is 0.314 e. The molecule has 102 valence electrons. The first-order valence-corrected chi connectivity index (χ1v) is 6.76. The van der Waals surface area contributed by atoms with Crippen LogP contribution < -0.4 is 23.1 Å². The predicted molar refractivity (Wildman–Crippen MR) is 78.5 cm³/mol. The summed E-state index contributed by atoms with van der Waals surface area (Å²) in [5, 5.41) is 4.83. The van der Waals surface area contributed by atoms with Crippen LogP contribution in [-0.4, -0.2) is 4.68 Å². The SMILES string of the molecule is Cc1[nH+]n(-c2ccc(Br)cc2)c(=O)c2ccccc12.[Cl-]. The van der Waals surface area contributed by atoms with Crippen molar-refractivity contribution in [2.45, 2.75) is 6.92 Å². The number of aryl methyl sites for hydroxylation is 1. The van der Waals surface area contributed by atoms with Crippen molar-refractivity contribution < 1.29 is 17.5 Å². The number of nitrogens with zero attached hydrogens (tertiary/aromatic N) is 1. The Kier molecular flexibility index (Phi) is 4.26. The van der Waals surface area contributed by atoms with Gasteiger partial charge in [-0.15, -0.1) is 5.10 Å². The third-order valence-electron chi connectivity index (χ3n) is 3.13. The quantitative estimate of drug-likeness (QED) is 0.602. The average molecular weight is 352 g/mol. The Hall–Kier alpha value is -1.65. The number of rotatable bonds is 1. The van der Waals surface area contributed by atoms with Gasteiger partial charge in [-0.25, -0.2) is 0 Å². The summed E-state index contributed by atoms with van der Waals surface area (Å²) >= 11 is 3.39. The van der Waals surface area contributed by atoms with Gasteiger partial charge in [-0.05, 0) is 36.4 Å². The van der Waals surface area contributed by atoms with Gasteiger partial charge in [0.05, 0.1) is 10.8 Å². The third kappa shape index (κ3) is 2.49. The molecule has 0 aliphatic carbocycles. The summed E-state index contributed by atoms with van der Waals surface area (Å²) in [4.78, 5) is 12.5. The monoisotopic (exact) mass is 350 g/mol. The molecule has 0 saturated heterocycles. The fraction of sp³-hybridized carbons (Fsp3) is 0.0667. The van der Waals surface area contributed by atoms with E-state index in [1.165, 1.54) is 0 Å². The van der Waals surface area contributed by atoms with Gasteiger partial charge in [0.2, 0.25) is 5.69 Å². The minimum atomic E-state index is -0.0384. The van der Waals surface area contributed by atoms with Crippen LogP contribution in [0.15, 0.2) is 57.8 Å². The summed E-state index contributed by atoms with van der Waals surface area (Å²) in [5.41, 5.74) is 1.75. The normalized spacial score (nSPS) is 10.3. The Morgan fingerprint density at radius 2 is 1.60 bits per heavy atom. The molecule has 20 heavy (non-hydrogen) atoms. The van der Waals surface area contributed by atoms with Crippen LogP contribution in [0.3, 0.4) is 0 Å². The second-order valence-corrected chi connectivity index (χ2v) is 5.32. The highest BCUT2D eigenvalue weighted by atomic mass is 79.9. The lowest BCUT2D eigenvalue weighted by Crippen LogP contribution is -3.00. The summed E-state index contributed by atoms with van der Waals surface area (Å²) in [7, 11) is 0. The van der Waals surface area contributed by atoms with Gasteiger partial charge in [0, 0.05) is 11.4 Å². The Morgan fingerprint density at radius 3 is 2.25 bits per heavy atom. The zero-order chi connectivity index (χ0) is 13.4. The van der Waals surface area contributed by atoms with E-state index < -0.39 is 0 Å². The second kappa shape index (κ2) is 5.77. The lowest BCUT2D eigenvalue weighted by Gasteiger charge is -2.03. The molecule has 0 unspecified atom stereocenters. The van der Waals surface area contributed by atoms with Crippen molar-refractivity contribution in [2.24, 2.45) is 0 Å². The van der Waals surface area contributed by atoms with Crippen LogP contribution in [0.5, 0.6) is 0 Å². The number of benzene rings is 2. The molecule has 0 saturated carbocycles. The molecule has 0 amide bonds. The molecule has 5 heteroatoms. The van der Waals surface area contributed by atoms with Crippen LogP contribution in [-0.2, 0) is 0 Å². The summed E-state index contributed by atoms with van der Waals surface area (Å²) in [6, 6.07) is 15.3. The van der Waals surface area contributed by atoms with E-state index in [1.54, 1.807) is 4.68 Å². The molecular formula is C15H12BrClN2O. The zero-order valence-corrected chi connectivity index (χ0v) is 13.1. The van der Waals surface area contributed by atoms with Gasteiger partial charge in [-0.3, -0.25) is 4.79 Å². The molecule has 3 rings (SSSR count). The smallest absolute Gasteiger partial charge is 0.314 e. The van der Waals surface area contributed by atoms with Crippen LogP contribution in [0.25, 0.3) is 16.5 Å². The fourth-order valence-corrected chi connectivity index (χ4v) is 2.43. The van der Waals surface area contributed by atoms with Crippen molar-refractivity contribution in [3.8, 4) is 5.69 Å². The number of fused-ring (bicyclic) bond motifs is 1. The van der Waals surface area contributed by atoms with E-state index in [9.17, 15) is 4.79 Å². The van der Waals surface area contributed by atoms with Gasteiger partial charge < -0.3 is 12.4 Å². The molecule has 1 heterocycles. The fourth-order valence-electron chi connectivity index (χ4n) is 2.17. The van der Waals surface area contributed by atoms with E-state index in [4.69, 9.17) is 0 Å². The van der Waals surface area contributed by atoms with Gasteiger partial charge in [0.15, 0.2) is 0 Å². The highest BCUT2D eigenvalue weighted by molar-refractivity contribution is 9.10. The van der Waals surface area contributed by atoms with Crippen LogP contribution in [0.4, 0.5) is 0 Å². The number of hydrogen-bond donors (Lipinski definition) is 0. The Bertz CT molecular complexity index is 812. The van der Waals surface area contributed by atoms with Crippen molar-refractivity contribution in [1.29, 1.82) is 0 Å². The molecular weight excluding hydrogens is 340 g/mol. The Morgan fingerprint density at radius 1 is 1.00 bits per heavy atom. The predicted octanol–water partition coefficient (Wildman–Crippen LogP) is -0.120. The highest BCUT2D eigenvalue weighted by Gasteiger charge is 2.13. The molecule has 0 aliphatic rings. The Labute approximate surface area is 130 Å². The molecule has 0 radical (unpaired) electrons. The first-order valence-electron chi connectivity index (χ1n) is 5.96. The molecule has 0 atom stereocenters. The van der Waals surface area contributed by atoms with Gasteiger partial charge >= 0.3 is 5.56 Å². The van der Waals surface area contributed by atoms with Crippen LogP contribution in [0.1, 0.15) is 5.69 Å². The van der Waals surface area contributed by atoms with Gasteiger partial charge in [0.1, 0.15) is 5.69 Å². The first-order chi connectivity index (χ1) is 9.16. The summed E-state index contributed by atoms with van der Waals surface area (Å²) < 4.78 is 2.56. The maximum atomic E-state index is 12.5. The number of aromatic amines is 1. The molecule has 0 aliphatic heterocycles. The number of H-pyrrole nitrogens is 1. The minimum absolute atomic E-state index is 0. The average Bonchev–Trinajstić information content (AvgIpc) is 2.44. The molecule has 3 nitrogen and oxygen atoms in total. The molecule has 3 aromatic rings. The number of hydrogen-bond acceptors (Lipinski definition) is 1. The van der Waals surface area contributed by atoms with E-state index in [1.807, 2.05) is 55.5 Å².